The molecule has 4 rings (SSSR count). The fourth-order valence-corrected chi connectivity index (χ4v) is 6.07. The number of carbonyl (C=O) groups excluding carboxylic acids is 1. The van der Waals surface area contributed by atoms with Crippen molar-refractivity contribution in [2.75, 3.05) is 26.2 Å². The Morgan fingerprint density at radius 3 is 2.13 bits per heavy atom. The average Bonchev–Trinajstić information content (AvgIpc) is 3.32. The van der Waals surface area contributed by atoms with E-state index in [0.717, 1.165) is 44.5 Å². The van der Waals surface area contributed by atoms with Gasteiger partial charge >= 0.3 is 0 Å². The number of hydrogen-bond donors (Lipinski definition) is 1. The molecular weight excluding hydrogens is 410 g/mol. The number of nitrogens with zero attached hydrogens (tertiary/aromatic N) is 2. The highest BCUT2D eigenvalue weighted by molar-refractivity contribution is 7.89. The maximum absolute atomic E-state index is 13.1. The summed E-state index contributed by atoms with van der Waals surface area (Å²) in [5, 5.41) is 2.89. The fourth-order valence-electron chi connectivity index (χ4n) is 4.36. The van der Waals surface area contributed by atoms with Gasteiger partial charge in [-0.1, -0.05) is 42.8 Å². The number of hydrogen-bond acceptors (Lipinski definition) is 4. The first kappa shape index (κ1) is 22.0. The van der Waals surface area contributed by atoms with E-state index in [-0.39, 0.29) is 16.4 Å². The quantitative estimate of drug-likeness (QED) is 0.715. The molecule has 2 heterocycles. The van der Waals surface area contributed by atoms with Gasteiger partial charge in [0.15, 0.2) is 0 Å². The van der Waals surface area contributed by atoms with E-state index in [1.807, 2.05) is 12.1 Å². The van der Waals surface area contributed by atoms with Crippen LogP contribution in [0, 0.1) is 0 Å². The topological polar surface area (TPSA) is 69.7 Å². The first-order valence-corrected chi connectivity index (χ1v) is 12.7. The van der Waals surface area contributed by atoms with E-state index in [2.05, 4.69) is 22.3 Å². The van der Waals surface area contributed by atoms with Gasteiger partial charge in [0.25, 0.3) is 5.91 Å². The van der Waals surface area contributed by atoms with Gasteiger partial charge in [0.1, 0.15) is 0 Å². The zero-order valence-electron chi connectivity index (χ0n) is 17.9. The molecule has 0 aromatic heterocycles. The lowest BCUT2D eigenvalue weighted by Gasteiger charge is -2.26. The Morgan fingerprint density at radius 1 is 0.806 bits per heavy atom. The molecule has 0 radical (unpaired) electrons. The first-order chi connectivity index (χ1) is 15.0. The molecular formula is C24H31N3O3S. The maximum atomic E-state index is 13.1. The largest absolute Gasteiger partial charge is 0.348 e. The Kier molecular flexibility index (Phi) is 7.05. The lowest BCUT2D eigenvalue weighted by molar-refractivity contribution is 0.0947. The van der Waals surface area contributed by atoms with Crippen molar-refractivity contribution in [1.82, 2.24) is 14.5 Å². The van der Waals surface area contributed by atoms with Gasteiger partial charge in [-0.15, -0.1) is 0 Å². The number of sulfonamides is 1. The molecule has 2 fully saturated rings. The molecule has 0 unspecified atom stereocenters. The molecule has 2 saturated heterocycles. The van der Waals surface area contributed by atoms with Gasteiger partial charge in [-0.25, -0.2) is 8.42 Å². The van der Waals surface area contributed by atoms with Crippen molar-refractivity contribution in [3.8, 4) is 0 Å². The molecule has 2 aromatic carbocycles. The van der Waals surface area contributed by atoms with Gasteiger partial charge in [-0.05, 0) is 62.0 Å². The van der Waals surface area contributed by atoms with Crippen LogP contribution in [-0.2, 0) is 23.1 Å². The second-order valence-electron chi connectivity index (χ2n) is 8.44. The van der Waals surface area contributed by atoms with Crippen molar-refractivity contribution >= 4 is 15.9 Å². The molecule has 1 N–H and O–H groups in total. The number of amides is 1. The summed E-state index contributed by atoms with van der Waals surface area (Å²) < 4.78 is 27.7. The number of nitrogens with one attached hydrogen (secondary N) is 1. The summed E-state index contributed by atoms with van der Waals surface area (Å²) in [6, 6.07) is 14.8. The smallest absolute Gasteiger partial charge is 0.252 e. The Morgan fingerprint density at radius 2 is 1.42 bits per heavy atom. The van der Waals surface area contributed by atoms with Crippen molar-refractivity contribution in [2.45, 2.75) is 50.1 Å². The van der Waals surface area contributed by atoms with Crippen LogP contribution in [0.3, 0.4) is 0 Å². The van der Waals surface area contributed by atoms with Crippen molar-refractivity contribution in [2.24, 2.45) is 0 Å². The zero-order valence-corrected chi connectivity index (χ0v) is 18.7. The summed E-state index contributed by atoms with van der Waals surface area (Å²) >= 11 is 0. The van der Waals surface area contributed by atoms with Crippen LogP contribution < -0.4 is 5.32 Å². The summed E-state index contributed by atoms with van der Waals surface area (Å²) in [7, 11) is -3.67. The maximum Gasteiger partial charge on any atom is 0.252 e. The summed E-state index contributed by atoms with van der Waals surface area (Å²) in [6.07, 6.45) is 5.33. The minimum atomic E-state index is -3.67. The van der Waals surface area contributed by atoms with Gasteiger partial charge in [-0.2, -0.15) is 4.31 Å². The third-order valence-corrected chi connectivity index (χ3v) is 8.10. The molecule has 2 aromatic rings. The van der Waals surface area contributed by atoms with E-state index in [9.17, 15) is 13.2 Å². The average molecular weight is 442 g/mol. The van der Waals surface area contributed by atoms with Gasteiger partial charge in [-0.3, -0.25) is 9.69 Å². The predicted molar refractivity (Wildman–Crippen MR) is 121 cm³/mol. The molecule has 0 aliphatic carbocycles. The standard InChI is InChI=1S/C24H31N3O3S/c28-24(25-18-20-10-12-21(13-11-20)19-26-14-6-7-15-26)22-8-2-3-9-23(22)31(29,30)27-16-4-1-5-17-27/h2-3,8-13H,1,4-7,14-19H2,(H,25,28). The molecule has 0 spiro atoms. The molecule has 2 aliphatic heterocycles. The zero-order chi connectivity index (χ0) is 21.7. The van der Waals surface area contributed by atoms with E-state index in [4.69, 9.17) is 0 Å². The van der Waals surface area contributed by atoms with Crippen LogP contribution in [0.25, 0.3) is 0 Å². The van der Waals surface area contributed by atoms with E-state index in [1.54, 1.807) is 18.2 Å². The minimum absolute atomic E-state index is 0.0929. The lowest BCUT2D eigenvalue weighted by atomic mass is 10.1. The second-order valence-corrected chi connectivity index (χ2v) is 10.3. The minimum Gasteiger partial charge on any atom is -0.348 e. The molecule has 1 amide bonds. The summed E-state index contributed by atoms with van der Waals surface area (Å²) in [4.78, 5) is 15.4. The Hall–Kier alpha value is -2.22. The van der Waals surface area contributed by atoms with E-state index < -0.39 is 10.0 Å². The van der Waals surface area contributed by atoms with E-state index >= 15 is 0 Å². The number of rotatable bonds is 7. The normalized spacial score (nSPS) is 18.2. The van der Waals surface area contributed by atoms with Crippen LogP contribution in [0.2, 0.25) is 0 Å². The molecule has 6 nitrogen and oxygen atoms in total. The molecule has 2 aliphatic rings. The van der Waals surface area contributed by atoms with Gasteiger partial charge < -0.3 is 5.32 Å². The summed E-state index contributed by atoms with van der Waals surface area (Å²) in [5.74, 6) is -0.364. The Labute approximate surface area is 185 Å². The first-order valence-electron chi connectivity index (χ1n) is 11.2. The number of carbonyl (C=O) groups is 1. The van der Waals surface area contributed by atoms with Gasteiger partial charge in [0.05, 0.1) is 10.5 Å². The highest BCUT2D eigenvalue weighted by Crippen LogP contribution is 2.23. The highest BCUT2D eigenvalue weighted by atomic mass is 32.2. The van der Waals surface area contributed by atoms with Crippen LogP contribution in [-0.4, -0.2) is 49.7 Å². The van der Waals surface area contributed by atoms with Crippen LogP contribution in [0.4, 0.5) is 0 Å². The van der Waals surface area contributed by atoms with Crippen LogP contribution in [0.15, 0.2) is 53.4 Å². The molecule has 0 bridgehead atoms. The lowest BCUT2D eigenvalue weighted by Crippen LogP contribution is -2.37. The van der Waals surface area contributed by atoms with Gasteiger partial charge in [0, 0.05) is 26.2 Å². The van der Waals surface area contributed by atoms with E-state index in [1.165, 1.54) is 28.8 Å². The third-order valence-electron chi connectivity index (χ3n) is 6.15. The SMILES string of the molecule is O=C(NCc1ccc(CN2CCCC2)cc1)c1ccccc1S(=O)(=O)N1CCCCC1. The van der Waals surface area contributed by atoms with E-state index in [0.29, 0.717) is 19.6 Å². The van der Waals surface area contributed by atoms with Crippen molar-refractivity contribution < 1.29 is 13.2 Å². The monoisotopic (exact) mass is 441 g/mol. The number of likely N-dealkylation sites (tertiary alicyclic amines) is 1. The van der Waals surface area contributed by atoms with Gasteiger partial charge in [0.2, 0.25) is 10.0 Å². The molecule has 0 saturated carbocycles. The Balaban J connectivity index is 1.41. The number of benzene rings is 2. The predicted octanol–water partition coefficient (Wildman–Crippen LogP) is 3.39. The molecule has 31 heavy (non-hydrogen) atoms. The summed E-state index contributed by atoms with van der Waals surface area (Å²) in [6.45, 7) is 4.69. The second kappa shape index (κ2) is 9.94. The van der Waals surface area contributed by atoms with Crippen LogP contribution in [0.1, 0.15) is 53.6 Å². The van der Waals surface area contributed by atoms with Crippen molar-refractivity contribution in [3.63, 3.8) is 0 Å². The van der Waals surface area contributed by atoms with Crippen molar-refractivity contribution in [3.05, 3.63) is 65.2 Å². The van der Waals surface area contributed by atoms with Crippen LogP contribution >= 0.6 is 0 Å². The summed E-state index contributed by atoms with van der Waals surface area (Å²) in [5.41, 5.74) is 2.48. The number of piperidine rings is 1. The third kappa shape index (κ3) is 5.34. The highest BCUT2D eigenvalue weighted by Gasteiger charge is 2.29. The molecule has 0 atom stereocenters. The fraction of sp³-hybridized carbons (Fsp3) is 0.458. The molecule has 7 heteroatoms. The van der Waals surface area contributed by atoms with Crippen molar-refractivity contribution in [1.29, 1.82) is 0 Å². The van der Waals surface area contributed by atoms with Crippen LogP contribution in [0.5, 0.6) is 0 Å². The Bertz CT molecular complexity index is 993. The molecule has 166 valence electrons.